The van der Waals surface area contributed by atoms with Crippen molar-refractivity contribution in [1.82, 2.24) is 15.5 Å². The first-order valence-corrected chi connectivity index (χ1v) is 9.94. The maximum absolute atomic E-state index is 12.7. The first-order valence-electron chi connectivity index (χ1n) is 9.94. The van der Waals surface area contributed by atoms with Gasteiger partial charge in [0.05, 0.1) is 0 Å². The van der Waals surface area contributed by atoms with E-state index in [-0.39, 0.29) is 17.9 Å². The average Bonchev–Trinajstić information content (AvgIpc) is 3.41. The molecule has 1 heterocycles. The highest BCUT2D eigenvalue weighted by Gasteiger charge is 2.28. The van der Waals surface area contributed by atoms with E-state index >= 15 is 0 Å². The summed E-state index contributed by atoms with van der Waals surface area (Å²) in [5, 5.41) is 7.32. The summed E-state index contributed by atoms with van der Waals surface area (Å²) in [6.07, 6.45) is 4.79. The van der Waals surface area contributed by atoms with Crippen molar-refractivity contribution in [2.45, 2.75) is 45.1 Å². The van der Waals surface area contributed by atoms with Gasteiger partial charge in [-0.3, -0.25) is 4.79 Å². The van der Waals surface area contributed by atoms with E-state index in [1.807, 2.05) is 61.5 Å². The van der Waals surface area contributed by atoms with E-state index in [1.54, 1.807) is 0 Å². The molecule has 28 heavy (non-hydrogen) atoms. The highest BCUT2D eigenvalue weighted by Crippen LogP contribution is 2.27. The molecule has 144 valence electrons. The number of benzene rings is 2. The van der Waals surface area contributed by atoms with E-state index in [1.165, 1.54) is 0 Å². The number of carbonyl (C=O) groups is 1. The number of nitrogens with one attached hydrogen (secondary N) is 1. The number of amides is 1. The molecule has 2 aromatic carbocycles. The van der Waals surface area contributed by atoms with Crippen molar-refractivity contribution in [3.8, 4) is 11.4 Å². The maximum Gasteiger partial charge on any atom is 0.249 e. The quantitative estimate of drug-likeness (QED) is 0.682. The molecule has 0 bridgehead atoms. The Balaban J connectivity index is 1.58. The molecule has 0 saturated heterocycles. The zero-order chi connectivity index (χ0) is 19.3. The van der Waals surface area contributed by atoms with Crippen LogP contribution in [-0.4, -0.2) is 16.0 Å². The summed E-state index contributed by atoms with van der Waals surface area (Å²) in [7, 11) is 0. The van der Waals surface area contributed by atoms with Crippen LogP contribution in [0.4, 0.5) is 0 Å². The summed E-state index contributed by atoms with van der Waals surface area (Å²) < 4.78 is 5.58. The molecule has 1 N–H and O–H groups in total. The summed E-state index contributed by atoms with van der Waals surface area (Å²) in [6, 6.07) is 17.7. The van der Waals surface area contributed by atoms with Gasteiger partial charge in [0.1, 0.15) is 6.04 Å². The smallest absolute Gasteiger partial charge is 0.249 e. The molecule has 1 fully saturated rings. The Hall–Kier alpha value is -2.95. The van der Waals surface area contributed by atoms with E-state index in [4.69, 9.17) is 4.52 Å². The summed E-state index contributed by atoms with van der Waals surface area (Å²) >= 11 is 0. The molecule has 1 aliphatic carbocycles. The monoisotopic (exact) mass is 375 g/mol. The highest BCUT2D eigenvalue weighted by molar-refractivity contribution is 5.79. The fourth-order valence-electron chi connectivity index (χ4n) is 3.81. The fraction of sp³-hybridized carbons (Fsp3) is 0.348. The minimum atomic E-state index is -0.332. The molecular formula is C23H25N3O2. The first-order chi connectivity index (χ1) is 13.7. The fourth-order valence-corrected chi connectivity index (χ4v) is 3.81. The van der Waals surface area contributed by atoms with Crippen molar-refractivity contribution >= 4 is 5.91 Å². The minimum Gasteiger partial charge on any atom is -0.344 e. The van der Waals surface area contributed by atoms with Crippen LogP contribution >= 0.6 is 0 Å². The van der Waals surface area contributed by atoms with Crippen molar-refractivity contribution in [2.75, 3.05) is 0 Å². The molecule has 1 aromatic heterocycles. The number of carbonyl (C=O) groups excluding carboxylic acids is 1. The van der Waals surface area contributed by atoms with Crippen molar-refractivity contribution < 1.29 is 9.32 Å². The predicted octanol–water partition coefficient (Wildman–Crippen LogP) is 4.64. The van der Waals surface area contributed by atoms with Crippen LogP contribution in [0, 0.1) is 12.8 Å². The van der Waals surface area contributed by atoms with Crippen LogP contribution in [0.5, 0.6) is 0 Å². The second-order valence-corrected chi connectivity index (χ2v) is 7.56. The molecule has 1 saturated carbocycles. The van der Waals surface area contributed by atoms with Crippen LogP contribution in [-0.2, 0) is 11.2 Å². The standard InChI is InChI=1S/C23H25N3O2/c1-16-8-7-13-19(14-16)21-25-23(28-26-21)20(15-17-9-3-2-4-10-17)24-22(27)18-11-5-6-12-18/h2-4,7-10,13-14,18,20H,5-6,11-12,15H2,1H3,(H,24,27)/t20-/m0/s1. The van der Waals surface area contributed by atoms with E-state index in [9.17, 15) is 4.79 Å². The van der Waals surface area contributed by atoms with Crippen molar-refractivity contribution in [3.05, 3.63) is 71.6 Å². The largest absolute Gasteiger partial charge is 0.344 e. The predicted molar refractivity (Wildman–Crippen MR) is 107 cm³/mol. The summed E-state index contributed by atoms with van der Waals surface area (Å²) in [5.74, 6) is 1.18. The second-order valence-electron chi connectivity index (χ2n) is 7.56. The van der Waals surface area contributed by atoms with Gasteiger partial charge >= 0.3 is 0 Å². The molecular weight excluding hydrogens is 350 g/mol. The normalized spacial score (nSPS) is 15.5. The Kier molecular flexibility index (Phi) is 5.51. The lowest BCUT2D eigenvalue weighted by Crippen LogP contribution is -2.34. The number of nitrogens with zero attached hydrogens (tertiary/aromatic N) is 2. The van der Waals surface area contributed by atoms with Crippen molar-refractivity contribution in [2.24, 2.45) is 5.92 Å². The molecule has 0 radical (unpaired) electrons. The van der Waals surface area contributed by atoms with E-state index in [0.717, 1.165) is 42.4 Å². The Bertz CT molecular complexity index is 930. The molecule has 4 rings (SSSR count). The van der Waals surface area contributed by atoms with Crippen LogP contribution in [0.25, 0.3) is 11.4 Å². The van der Waals surface area contributed by atoms with Gasteiger partial charge in [-0.05, 0) is 31.4 Å². The summed E-state index contributed by atoms with van der Waals surface area (Å²) in [5.41, 5.74) is 3.17. The van der Waals surface area contributed by atoms with Crippen LogP contribution in [0.1, 0.15) is 48.7 Å². The van der Waals surface area contributed by atoms with Gasteiger partial charge < -0.3 is 9.84 Å². The van der Waals surface area contributed by atoms with E-state index < -0.39 is 0 Å². The molecule has 1 atom stereocenters. The SMILES string of the molecule is Cc1cccc(-c2noc([C@H](Cc3ccccc3)NC(=O)C3CCCC3)n2)c1. The van der Waals surface area contributed by atoms with Crippen molar-refractivity contribution in [1.29, 1.82) is 0 Å². The molecule has 5 nitrogen and oxygen atoms in total. The molecule has 3 aromatic rings. The van der Waals surface area contributed by atoms with Gasteiger partial charge in [0.2, 0.25) is 17.6 Å². The van der Waals surface area contributed by atoms with E-state index in [2.05, 4.69) is 15.5 Å². The molecule has 1 aliphatic rings. The lowest BCUT2D eigenvalue weighted by molar-refractivity contribution is -0.125. The Labute approximate surface area is 165 Å². The van der Waals surface area contributed by atoms with Gasteiger partial charge in [-0.15, -0.1) is 0 Å². The minimum absolute atomic E-state index is 0.0914. The third-order valence-electron chi connectivity index (χ3n) is 5.34. The highest BCUT2D eigenvalue weighted by atomic mass is 16.5. The van der Waals surface area contributed by atoms with Gasteiger partial charge in [-0.1, -0.05) is 72.1 Å². The molecule has 5 heteroatoms. The Morgan fingerprint density at radius 1 is 1.14 bits per heavy atom. The zero-order valence-electron chi connectivity index (χ0n) is 16.1. The lowest BCUT2D eigenvalue weighted by atomic mass is 10.0. The third kappa shape index (κ3) is 4.30. The van der Waals surface area contributed by atoms with Gasteiger partial charge in [0.25, 0.3) is 0 Å². The number of rotatable bonds is 6. The molecule has 0 aliphatic heterocycles. The molecule has 0 spiro atoms. The Morgan fingerprint density at radius 3 is 2.68 bits per heavy atom. The average molecular weight is 375 g/mol. The third-order valence-corrected chi connectivity index (χ3v) is 5.34. The molecule has 0 unspecified atom stereocenters. The number of aryl methyl sites for hydroxylation is 1. The summed E-state index contributed by atoms with van der Waals surface area (Å²) in [6.45, 7) is 2.03. The van der Waals surface area contributed by atoms with E-state index in [0.29, 0.717) is 18.1 Å². The van der Waals surface area contributed by atoms with Gasteiger partial charge in [0.15, 0.2) is 0 Å². The van der Waals surface area contributed by atoms with Crippen molar-refractivity contribution in [3.63, 3.8) is 0 Å². The second kappa shape index (κ2) is 8.38. The van der Waals surface area contributed by atoms with Gasteiger partial charge in [-0.25, -0.2) is 0 Å². The van der Waals surface area contributed by atoms with Crippen LogP contribution in [0.2, 0.25) is 0 Å². The summed E-state index contributed by atoms with van der Waals surface area (Å²) in [4.78, 5) is 17.3. The van der Waals surface area contributed by atoms with Crippen LogP contribution < -0.4 is 5.32 Å². The molecule has 1 amide bonds. The number of aromatic nitrogens is 2. The number of hydrogen-bond donors (Lipinski definition) is 1. The Morgan fingerprint density at radius 2 is 1.93 bits per heavy atom. The topological polar surface area (TPSA) is 68.0 Å². The lowest BCUT2D eigenvalue weighted by Gasteiger charge is -2.18. The van der Waals surface area contributed by atoms with Crippen LogP contribution in [0.3, 0.4) is 0 Å². The van der Waals surface area contributed by atoms with Gasteiger partial charge in [-0.2, -0.15) is 4.98 Å². The maximum atomic E-state index is 12.7. The number of hydrogen-bond acceptors (Lipinski definition) is 4. The van der Waals surface area contributed by atoms with Crippen LogP contribution in [0.15, 0.2) is 59.1 Å². The first kappa shape index (κ1) is 18.4. The van der Waals surface area contributed by atoms with Gasteiger partial charge in [0, 0.05) is 17.9 Å². The zero-order valence-corrected chi connectivity index (χ0v) is 16.1.